The first kappa shape index (κ1) is 27.3. The molecule has 1 aliphatic heterocycles. The van der Waals surface area contributed by atoms with E-state index in [1.165, 1.54) is 0 Å². The summed E-state index contributed by atoms with van der Waals surface area (Å²) < 4.78 is 5.53. The molecule has 38 heavy (non-hydrogen) atoms. The Balaban J connectivity index is 0.00000336. The second-order valence-electron chi connectivity index (χ2n) is 9.38. The summed E-state index contributed by atoms with van der Waals surface area (Å²) >= 11 is 0. The summed E-state index contributed by atoms with van der Waals surface area (Å²) in [5.41, 5.74) is 4.52. The lowest BCUT2D eigenvalue weighted by atomic mass is 9.98. The van der Waals surface area contributed by atoms with Gasteiger partial charge in [-0.2, -0.15) is 0 Å². The molecule has 10 heteroatoms. The number of ether oxygens (including phenoxy) is 1. The SMILES string of the molecule is Cl.O=C(NC(CCCN1CCN(c2ncccn2)CC1)C(=O)O)OCC1c2ccccc2-c2ccccc21. The average molecular weight is 538 g/mol. The summed E-state index contributed by atoms with van der Waals surface area (Å²) in [6.45, 7) is 4.28. The standard InChI is InChI=1S/C28H31N5O4.ClH/c34-26(35)25(11-5-14-32-15-17-33(18-16-32)27-29-12-6-13-30-27)31-28(36)37-19-24-22-9-3-1-7-20(22)21-8-2-4-10-23(21)24;/h1-4,6-10,12-13,24-25H,5,11,14-19H2,(H,31,36)(H,34,35);1H. The molecule has 3 aromatic rings. The maximum atomic E-state index is 12.5. The van der Waals surface area contributed by atoms with E-state index in [-0.39, 0.29) is 24.9 Å². The van der Waals surface area contributed by atoms with Crippen LogP contribution in [0.25, 0.3) is 11.1 Å². The van der Waals surface area contributed by atoms with Gasteiger partial charge in [0, 0.05) is 44.5 Å². The van der Waals surface area contributed by atoms with Gasteiger partial charge in [-0.15, -0.1) is 12.4 Å². The van der Waals surface area contributed by atoms with Gasteiger partial charge in [0.05, 0.1) is 0 Å². The third kappa shape index (κ3) is 6.23. The molecule has 1 aliphatic carbocycles. The first-order valence-electron chi connectivity index (χ1n) is 12.7. The van der Waals surface area contributed by atoms with Crippen LogP contribution in [0.2, 0.25) is 0 Å². The van der Waals surface area contributed by atoms with E-state index in [4.69, 9.17) is 4.74 Å². The fourth-order valence-corrected chi connectivity index (χ4v) is 5.18. The summed E-state index contributed by atoms with van der Waals surface area (Å²) in [7, 11) is 0. The number of hydrogen-bond donors (Lipinski definition) is 2. The number of carbonyl (C=O) groups is 2. The van der Waals surface area contributed by atoms with Crippen LogP contribution in [-0.4, -0.2) is 77.4 Å². The van der Waals surface area contributed by atoms with E-state index in [0.717, 1.165) is 60.9 Å². The van der Waals surface area contributed by atoms with Gasteiger partial charge in [-0.3, -0.25) is 4.90 Å². The third-order valence-electron chi connectivity index (χ3n) is 7.11. The molecule has 2 heterocycles. The zero-order valence-corrected chi connectivity index (χ0v) is 21.8. The number of carboxylic acid groups (broad SMARTS) is 1. The van der Waals surface area contributed by atoms with Crippen molar-refractivity contribution in [2.45, 2.75) is 24.8 Å². The third-order valence-corrected chi connectivity index (χ3v) is 7.11. The number of rotatable bonds is 9. The van der Waals surface area contributed by atoms with E-state index >= 15 is 0 Å². The molecular formula is C28H32ClN5O4. The molecule has 2 aliphatic rings. The molecule has 2 aromatic carbocycles. The number of fused-ring (bicyclic) bond motifs is 3. The molecule has 1 saturated heterocycles. The largest absolute Gasteiger partial charge is 0.480 e. The fourth-order valence-electron chi connectivity index (χ4n) is 5.18. The van der Waals surface area contributed by atoms with Crippen molar-refractivity contribution in [3.8, 4) is 11.1 Å². The van der Waals surface area contributed by atoms with Crippen LogP contribution in [0, 0.1) is 0 Å². The van der Waals surface area contributed by atoms with Crippen LogP contribution in [0.3, 0.4) is 0 Å². The van der Waals surface area contributed by atoms with Gasteiger partial charge in [0.15, 0.2) is 0 Å². The van der Waals surface area contributed by atoms with E-state index < -0.39 is 18.1 Å². The van der Waals surface area contributed by atoms with E-state index in [1.54, 1.807) is 18.5 Å². The van der Waals surface area contributed by atoms with Gasteiger partial charge in [0.1, 0.15) is 12.6 Å². The molecule has 1 amide bonds. The summed E-state index contributed by atoms with van der Waals surface area (Å²) in [5, 5.41) is 12.2. The zero-order chi connectivity index (χ0) is 25.6. The van der Waals surface area contributed by atoms with Crippen molar-refractivity contribution in [2.75, 3.05) is 44.2 Å². The van der Waals surface area contributed by atoms with Gasteiger partial charge in [0.25, 0.3) is 0 Å². The summed E-state index contributed by atoms with van der Waals surface area (Å²) in [6, 6.07) is 17.0. The molecule has 0 saturated carbocycles. The van der Waals surface area contributed by atoms with Crippen molar-refractivity contribution < 1.29 is 19.4 Å². The lowest BCUT2D eigenvalue weighted by molar-refractivity contribution is -0.139. The van der Waals surface area contributed by atoms with Crippen LogP contribution in [-0.2, 0) is 9.53 Å². The van der Waals surface area contributed by atoms with Gasteiger partial charge in [-0.25, -0.2) is 19.6 Å². The minimum absolute atomic E-state index is 0. The van der Waals surface area contributed by atoms with Crippen LogP contribution in [0.1, 0.15) is 29.9 Å². The number of anilines is 1. The van der Waals surface area contributed by atoms with Gasteiger partial charge < -0.3 is 20.1 Å². The van der Waals surface area contributed by atoms with Crippen molar-refractivity contribution in [1.29, 1.82) is 0 Å². The quantitative estimate of drug-likeness (QED) is 0.424. The first-order valence-corrected chi connectivity index (χ1v) is 12.7. The van der Waals surface area contributed by atoms with Gasteiger partial charge in [-0.1, -0.05) is 48.5 Å². The van der Waals surface area contributed by atoms with E-state index in [0.29, 0.717) is 12.8 Å². The van der Waals surface area contributed by atoms with Gasteiger partial charge in [0.2, 0.25) is 5.95 Å². The number of halogens is 1. The Hall–Kier alpha value is -3.69. The topological polar surface area (TPSA) is 108 Å². The Morgan fingerprint density at radius 1 is 0.947 bits per heavy atom. The number of benzene rings is 2. The summed E-state index contributed by atoms with van der Waals surface area (Å²) in [4.78, 5) is 37.4. The number of carboxylic acids is 1. The van der Waals surface area contributed by atoms with Crippen molar-refractivity contribution in [3.05, 3.63) is 78.1 Å². The molecule has 0 bridgehead atoms. The van der Waals surface area contributed by atoms with Crippen LogP contribution in [0.15, 0.2) is 67.0 Å². The molecule has 1 aromatic heterocycles. The maximum Gasteiger partial charge on any atom is 0.407 e. The number of amides is 1. The average Bonchev–Trinajstić information content (AvgIpc) is 3.26. The number of hydrogen-bond acceptors (Lipinski definition) is 7. The predicted octanol–water partition coefficient (Wildman–Crippen LogP) is 3.79. The second-order valence-corrected chi connectivity index (χ2v) is 9.38. The highest BCUT2D eigenvalue weighted by molar-refractivity contribution is 5.85. The smallest absolute Gasteiger partial charge is 0.407 e. The fraction of sp³-hybridized carbons (Fsp3) is 0.357. The van der Waals surface area contributed by atoms with E-state index in [1.807, 2.05) is 36.4 Å². The van der Waals surface area contributed by atoms with Crippen molar-refractivity contribution in [2.24, 2.45) is 0 Å². The van der Waals surface area contributed by atoms with Crippen LogP contribution in [0.5, 0.6) is 0 Å². The second kappa shape index (κ2) is 12.7. The maximum absolute atomic E-state index is 12.5. The summed E-state index contributed by atoms with van der Waals surface area (Å²) in [6.07, 6.45) is 3.77. The molecular weight excluding hydrogens is 506 g/mol. The van der Waals surface area contributed by atoms with Crippen LogP contribution < -0.4 is 10.2 Å². The molecule has 1 fully saturated rings. The number of aromatic nitrogens is 2. The Kier molecular flexibility index (Phi) is 9.15. The number of nitrogens with zero attached hydrogens (tertiary/aromatic N) is 4. The first-order chi connectivity index (χ1) is 18.1. The zero-order valence-electron chi connectivity index (χ0n) is 21.0. The number of aliphatic carboxylic acids is 1. The Morgan fingerprint density at radius 2 is 1.55 bits per heavy atom. The lowest BCUT2D eigenvalue weighted by Crippen LogP contribution is -2.47. The van der Waals surface area contributed by atoms with Gasteiger partial charge >= 0.3 is 12.1 Å². The minimum Gasteiger partial charge on any atom is -0.480 e. The minimum atomic E-state index is -1.06. The number of piperazine rings is 1. The van der Waals surface area contributed by atoms with Crippen LogP contribution >= 0.6 is 12.4 Å². The number of nitrogens with one attached hydrogen (secondary N) is 1. The highest BCUT2D eigenvalue weighted by Crippen LogP contribution is 2.44. The molecule has 5 rings (SSSR count). The monoisotopic (exact) mass is 537 g/mol. The Bertz CT molecular complexity index is 1190. The number of alkyl carbamates (subject to hydrolysis) is 1. The molecule has 0 radical (unpaired) electrons. The Labute approximate surface area is 228 Å². The highest BCUT2D eigenvalue weighted by Gasteiger charge is 2.30. The van der Waals surface area contributed by atoms with E-state index in [9.17, 15) is 14.7 Å². The van der Waals surface area contributed by atoms with Crippen molar-refractivity contribution >= 4 is 30.4 Å². The molecule has 1 atom stereocenters. The van der Waals surface area contributed by atoms with Crippen molar-refractivity contribution in [3.63, 3.8) is 0 Å². The Morgan fingerprint density at radius 3 is 2.16 bits per heavy atom. The molecule has 200 valence electrons. The van der Waals surface area contributed by atoms with Gasteiger partial charge in [-0.05, 0) is 47.7 Å². The normalized spacial score (nSPS) is 15.6. The lowest BCUT2D eigenvalue weighted by Gasteiger charge is -2.34. The molecule has 9 nitrogen and oxygen atoms in total. The van der Waals surface area contributed by atoms with Crippen molar-refractivity contribution in [1.82, 2.24) is 20.2 Å². The molecule has 2 N–H and O–H groups in total. The molecule has 1 unspecified atom stereocenters. The predicted molar refractivity (Wildman–Crippen MR) is 147 cm³/mol. The molecule has 0 spiro atoms. The van der Waals surface area contributed by atoms with Crippen LogP contribution in [0.4, 0.5) is 10.7 Å². The summed E-state index contributed by atoms with van der Waals surface area (Å²) in [5.74, 6) is -0.388. The number of carbonyl (C=O) groups excluding carboxylic acids is 1. The highest BCUT2D eigenvalue weighted by atomic mass is 35.5. The van der Waals surface area contributed by atoms with E-state index in [2.05, 4.69) is 37.2 Å².